The van der Waals surface area contributed by atoms with Crippen molar-refractivity contribution in [2.45, 2.75) is 19.9 Å². The van der Waals surface area contributed by atoms with Crippen molar-refractivity contribution in [2.24, 2.45) is 0 Å². The topological polar surface area (TPSA) is 76.9 Å². The standard InChI is InChI=1S/C13H14N4O/c1-9(2)17-8-12(7-16-17)18-13-4-3-11(15)5-10(13)6-14/h3-5,7-9H,15H2,1-2H3. The summed E-state index contributed by atoms with van der Waals surface area (Å²) >= 11 is 0. The first kappa shape index (κ1) is 12.0. The summed E-state index contributed by atoms with van der Waals surface area (Å²) in [7, 11) is 0. The zero-order valence-electron chi connectivity index (χ0n) is 10.3. The van der Waals surface area contributed by atoms with Crippen molar-refractivity contribution in [1.29, 1.82) is 5.26 Å². The fourth-order valence-electron chi connectivity index (χ4n) is 1.51. The summed E-state index contributed by atoms with van der Waals surface area (Å²) in [6.45, 7) is 4.06. The zero-order chi connectivity index (χ0) is 13.1. The van der Waals surface area contributed by atoms with Crippen LogP contribution in [-0.4, -0.2) is 9.78 Å². The van der Waals surface area contributed by atoms with Crippen LogP contribution in [0, 0.1) is 11.3 Å². The Hall–Kier alpha value is -2.48. The van der Waals surface area contributed by atoms with Gasteiger partial charge in [0.2, 0.25) is 0 Å². The van der Waals surface area contributed by atoms with Crippen LogP contribution in [0.4, 0.5) is 5.69 Å². The number of nitrogen functional groups attached to an aromatic ring is 1. The van der Waals surface area contributed by atoms with E-state index in [0.29, 0.717) is 22.7 Å². The van der Waals surface area contributed by atoms with Gasteiger partial charge in [0.25, 0.3) is 0 Å². The fraction of sp³-hybridized carbons (Fsp3) is 0.231. The first-order valence-electron chi connectivity index (χ1n) is 5.62. The van der Waals surface area contributed by atoms with E-state index >= 15 is 0 Å². The highest BCUT2D eigenvalue weighted by Crippen LogP contribution is 2.26. The maximum Gasteiger partial charge on any atom is 0.165 e. The third-order valence-electron chi connectivity index (χ3n) is 2.46. The van der Waals surface area contributed by atoms with Crippen LogP contribution in [0.2, 0.25) is 0 Å². The highest BCUT2D eigenvalue weighted by Gasteiger charge is 2.08. The molecule has 0 amide bonds. The molecule has 0 aliphatic carbocycles. The van der Waals surface area contributed by atoms with E-state index in [1.807, 2.05) is 13.8 Å². The number of anilines is 1. The first-order chi connectivity index (χ1) is 8.60. The lowest BCUT2D eigenvalue weighted by atomic mass is 10.2. The Kier molecular flexibility index (Phi) is 3.20. The number of nitrogens with zero attached hydrogens (tertiary/aromatic N) is 3. The maximum absolute atomic E-state index is 9.01. The molecule has 0 bridgehead atoms. The van der Waals surface area contributed by atoms with Crippen molar-refractivity contribution >= 4 is 5.69 Å². The second-order valence-electron chi connectivity index (χ2n) is 4.22. The Balaban J connectivity index is 2.26. The molecule has 2 aromatic rings. The van der Waals surface area contributed by atoms with Crippen LogP contribution in [0.3, 0.4) is 0 Å². The van der Waals surface area contributed by atoms with Crippen LogP contribution >= 0.6 is 0 Å². The van der Waals surface area contributed by atoms with Gasteiger partial charge in [-0.3, -0.25) is 4.68 Å². The largest absolute Gasteiger partial charge is 0.453 e. The minimum Gasteiger partial charge on any atom is -0.453 e. The monoisotopic (exact) mass is 242 g/mol. The minimum absolute atomic E-state index is 0.268. The summed E-state index contributed by atoms with van der Waals surface area (Å²) < 4.78 is 7.42. The predicted octanol–water partition coefficient (Wildman–Crippen LogP) is 2.71. The fourth-order valence-corrected chi connectivity index (χ4v) is 1.51. The lowest BCUT2D eigenvalue weighted by Crippen LogP contribution is -1.99. The molecule has 92 valence electrons. The molecule has 2 N–H and O–H groups in total. The molecule has 0 aliphatic rings. The van der Waals surface area contributed by atoms with E-state index in [-0.39, 0.29) is 6.04 Å². The highest BCUT2D eigenvalue weighted by molar-refractivity contribution is 5.54. The van der Waals surface area contributed by atoms with Crippen molar-refractivity contribution < 1.29 is 4.74 Å². The molecule has 5 heteroatoms. The summed E-state index contributed by atoms with van der Waals surface area (Å²) in [6, 6.07) is 7.29. The SMILES string of the molecule is CC(C)n1cc(Oc2ccc(N)cc2C#N)cn1. The Morgan fingerprint density at radius 3 is 2.83 bits per heavy atom. The van der Waals surface area contributed by atoms with Gasteiger partial charge in [-0.05, 0) is 32.0 Å². The van der Waals surface area contributed by atoms with E-state index in [4.69, 9.17) is 15.7 Å². The third kappa shape index (κ3) is 2.43. The van der Waals surface area contributed by atoms with Gasteiger partial charge in [0.05, 0.1) is 18.0 Å². The van der Waals surface area contributed by atoms with Crippen molar-refractivity contribution in [2.75, 3.05) is 5.73 Å². The van der Waals surface area contributed by atoms with Crippen LogP contribution in [0.15, 0.2) is 30.6 Å². The van der Waals surface area contributed by atoms with Crippen molar-refractivity contribution in [3.05, 3.63) is 36.2 Å². The molecule has 1 heterocycles. The van der Waals surface area contributed by atoms with Crippen LogP contribution in [0.1, 0.15) is 25.5 Å². The lowest BCUT2D eigenvalue weighted by Gasteiger charge is -2.06. The van der Waals surface area contributed by atoms with E-state index in [9.17, 15) is 0 Å². The zero-order valence-corrected chi connectivity index (χ0v) is 10.3. The molecule has 5 nitrogen and oxygen atoms in total. The summed E-state index contributed by atoms with van der Waals surface area (Å²) in [5.41, 5.74) is 6.57. The van der Waals surface area contributed by atoms with Gasteiger partial charge >= 0.3 is 0 Å². The second kappa shape index (κ2) is 4.80. The van der Waals surface area contributed by atoms with Gasteiger partial charge < -0.3 is 10.5 Å². The molecule has 1 aromatic heterocycles. The summed E-state index contributed by atoms with van der Waals surface area (Å²) in [6.07, 6.45) is 3.42. The van der Waals surface area contributed by atoms with Gasteiger partial charge in [-0.1, -0.05) is 0 Å². The Bertz CT molecular complexity index is 595. The first-order valence-corrected chi connectivity index (χ1v) is 5.62. The van der Waals surface area contributed by atoms with E-state index in [2.05, 4.69) is 11.2 Å². The lowest BCUT2D eigenvalue weighted by molar-refractivity contribution is 0.476. The molecule has 0 atom stereocenters. The Labute approximate surface area is 105 Å². The predicted molar refractivity (Wildman–Crippen MR) is 68.3 cm³/mol. The van der Waals surface area contributed by atoms with Gasteiger partial charge in [-0.25, -0.2) is 0 Å². The second-order valence-corrected chi connectivity index (χ2v) is 4.22. The number of nitriles is 1. The molecule has 0 unspecified atom stereocenters. The van der Waals surface area contributed by atoms with Crippen LogP contribution in [0.25, 0.3) is 0 Å². The van der Waals surface area contributed by atoms with Gasteiger partial charge in [-0.2, -0.15) is 10.4 Å². The molecule has 0 saturated heterocycles. The van der Waals surface area contributed by atoms with Gasteiger partial charge in [-0.15, -0.1) is 0 Å². The molecule has 0 aliphatic heterocycles. The number of ether oxygens (including phenoxy) is 1. The van der Waals surface area contributed by atoms with Crippen molar-refractivity contribution in [1.82, 2.24) is 9.78 Å². The quantitative estimate of drug-likeness (QED) is 0.839. The number of benzene rings is 1. The number of aromatic nitrogens is 2. The van der Waals surface area contributed by atoms with Crippen LogP contribution < -0.4 is 10.5 Å². The molecule has 1 aromatic carbocycles. The average Bonchev–Trinajstić information content (AvgIpc) is 2.80. The van der Waals surface area contributed by atoms with Gasteiger partial charge in [0, 0.05) is 11.7 Å². The third-order valence-corrected chi connectivity index (χ3v) is 2.46. The Morgan fingerprint density at radius 2 is 2.22 bits per heavy atom. The van der Waals surface area contributed by atoms with E-state index in [0.717, 1.165) is 0 Å². The van der Waals surface area contributed by atoms with Crippen molar-refractivity contribution in [3.8, 4) is 17.6 Å². The Morgan fingerprint density at radius 1 is 1.44 bits per heavy atom. The molecule has 2 rings (SSSR count). The number of nitrogens with two attached hydrogens (primary N) is 1. The summed E-state index contributed by atoms with van der Waals surface area (Å²) in [5, 5.41) is 13.2. The molecule has 18 heavy (non-hydrogen) atoms. The molecular formula is C13H14N4O. The molecular weight excluding hydrogens is 228 g/mol. The highest BCUT2D eigenvalue weighted by atomic mass is 16.5. The minimum atomic E-state index is 0.268. The molecule has 0 saturated carbocycles. The van der Waals surface area contributed by atoms with E-state index in [1.165, 1.54) is 0 Å². The number of rotatable bonds is 3. The maximum atomic E-state index is 9.01. The van der Waals surface area contributed by atoms with Crippen LogP contribution in [-0.2, 0) is 0 Å². The molecule has 0 fully saturated rings. The number of hydrogen-bond acceptors (Lipinski definition) is 4. The molecule has 0 radical (unpaired) electrons. The van der Waals surface area contributed by atoms with E-state index in [1.54, 1.807) is 35.3 Å². The van der Waals surface area contributed by atoms with Gasteiger partial charge in [0.1, 0.15) is 11.8 Å². The normalized spacial score (nSPS) is 10.3. The van der Waals surface area contributed by atoms with E-state index < -0.39 is 0 Å². The number of hydrogen-bond donors (Lipinski definition) is 1. The van der Waals surface area contributed by atoms with Crippen LogP contribution in [0.5, 0.6) is 11.5 Å². The average molecular weight is 242 g/mol. The van der Waals surface area contributed by atoms with Gasteiger partial charge in [0.15, 0.2) is 5.75 Å². The molecule has 0 spiro atoms. The smallest absolute Gasteiger partial charge is 0.165 e. The summed E-state index contributed by atoms with van der Waals surface area (Å²) in [5.74, 6) is 1.08. The van der Waals surface area contributed by atoms with Crippen molar-refractivity contribution in [3.63, 3.8) is 0 Å². The summed E-state index contributed by atoms with van der Waals surface area (Å²) in [4.78, 5) is 0.